The molecule has 1 aliphatic carbocycles. The molecule has 0 amide bonds. The molecule has 5 nitrogen and oxygen atoms in total. The van der Waals surface area contributed by atoms with E-state index in [9.17, 15) is 4.79 Å². The maximum Gasteiger partial charge on any atom is 0.373 e. The van der Waals surface area contributed by atoms with E-state index in [2.05, 4.69) is 17.0 Å². The lowest BCUT2D eigenvalue weighted by Gasteiger charge is -2.42. The Kier molecular flexibility index (Phi) is 4.83. The first kappa shape index (κ1) is 15.1. The molecule has 0 bridgehead atoms. The molecule has 1 aliphatic rings. The lowest BCUT2D eigenvalue weighted by atomic mass is 9.75. The van der Waals surface area contributed by atoms with Crippen LogP contribution in [0.5, 0.6) is 0 Å². The van der Waals surface area contributed by atoms with Gasteiger partial charge in [-0.15, -0.1) is 0 Å². The smallest absolute Gasteiger partial charge is 0.373 e. The van der Waals surface area contributed by atoms with Gasteiger partial charge < -0.3 is 19.2 Å². The SMILES string of the molecule is CCNC(CC1(OC)CCC1)c1ccc(C(=O)OC)o1. The lowest BCUT2D eigenvalue weighted by molar-refractivity contribution is -0.0848. The van der Waals surface area contributed by atoms with Gasteiger partial charge in [-0.3, -0.25) is 0 Å². The summed E-state index contributed by atoms with van der Waals surface area (Å²) in [5, 5.41) is 3.40. The molecule has 112 valence electrons. The van der Waals surface area contributed by atoms with Crippen molar-refractivity contribution >= 4 is 5.97 Å². The highest BCUT2D eigenvalue weighted by atomic mass is 16.5. The van der Waals surface area contributed by atoms with E-state index in [0.717, 1.165) is 31.6 Å². The van der Waals surface area contributed by atoms with E-state index in [1.165, 1.54) is 13.5 Å². The molecular weight excluding hydrogens is 258 g/mol. The minimum Gasteiger partial charge on any atom is -0.463 e. The molecule has 1 saturated carbocycles. The fourth-order valence-corrected chi connectivity index (χ4v) is 2.70. The molecule has 0 aromatic carbocycles. The molecule has 1 fully saturated rings. The average molecular weight is 281 g/mol. The van der Waals surface area contributed by atoms with Crippen LogP contribution in [-0.4, -0.2) is 32.3 Å². The number of esters is 1. The van der Waals surface area contributed by atoms with E-state index in [-0.39, 0.29) is 17.4 Å². The number of carbonyl (C=O) groups is 1. The van der Waals surface area contributed by atoms with Crippen LogP contribution in [0.1, 0.15) is 55.0 Å². The fraction of sp³-hybridized carbons (Fsp3) is 0.667. The summed E-state index contributed by atoms with van der Waals surface area (Å²) in [6.45, 7) is 2.89. The predicted octanol–water partition coefficient (Wildman–Crippen LogP) is 2.68. The Hall–Kier alpha value is -1.33. The van der Waals surface area contributed by atoms with Crippen molar-refractivity contribution in [3.63, 3.8) is 0 Å². The number of ether oxygens (including phenoxy) is 2. The fourth-order valence-electron chi connectivity index (χ4n) is 2.70. The van der Waals surface area contributed by atoms with Gasteiger partial charge in [0.15, 0.2) is 0 Å². The number of nitrogens with one attached hydrogen (secondary N) is 1. The highest BCUT2D eigenvalue weighted by Crippen LogP contribution is 2.42. The van der Waals surface area contributed by atoms with Crippen LogP contribution in [0.4, 0.5) is 0 Å². The quantitative estimate of drug-likeness (QED) is 0.779. The Morgan fingerprint density at radius 3 is 2.70 bits per heavy atom. The van der Waals surface area contributed by atoms with Crippen LogP contribution in [0.3, 0.4) is 0 Å². The van der Waals surface area contributed by atoms with Crippen LogP contribution in [-0.2, 0) is 9.47 Å². The van der Waals surface area contributed by atoms with Crippen LogP contribution in [0.25, 0.3) is 0 Å². The van der Waals surface area contributed by atoms with Gasteiger partial charge in [0.2, 0.25) is 5.76 Å². The predicted molar refractivity (Wildman–Crippen MR) is 74.7 cm³/mol. The molecule has 0 radical (unpaired) electrons. The molecule has 20 heavy (non-hydrogen) atoms. The van der Waals surface area contributed by atoms with Gasteiger partial charge in [-0.25, -0.2) is 4.79 Å². The molecule has 1 atom stereocenters. The number of hydrogen-bond donors (Lipinski definition) is 1. The summed E-state index contributed by atoms with van der Waals surface area (Å²) in [5.41, 5.74) is -0.0505. The summed E-state index contributed by atoms with van der Waals surface area (Å²) in [7, 11) is 3.12. The van der Waals surface area contributed by atoms with E-state index >= 15 is 0 Å². The summed E-state index contributed by atoms with van der Waals surface area (Å²) in [6.07, 6.45) is 4.22. The van der Waals surface area contributed by atoms with E-state index < -0.39 is 5.97 Å². The Labute approximate surface area is 119 Å². The first-order valence-electron chi connectivity index (χ1n) is 7.10. The Morgan fingerprint density at radius 1 is 1.45 bits per heavy atom. The van der Waals surface area contributed by atoms with Crippen molar-refractivity contribution in [3.8, 4) is 0 Å². The van der Waals surface area contributed by atoms with Gasteiger partial charge in [0.05, 0.1) is 18.8 Å². The van der Waals surface area contributed by atoms with Crippen LogP contribution in [0.2, 0.25) is 0 Å². The maximum absolute atomic E-state index is 11.5. The monoisotopic (exact) mass is 281 g/mol. The van der Waals surface area contributed by atoms with E-state index in [1.54, 1.807) is 13.2 Å². The largest absolute Gasteiger partial charge is 0.463 e. The lowest BCUT2D eigenvalue weighted by Crippen LogP contribution is -2.42. The molecular formula is C15H23NO4. The summed E-state index contributed by atoms with van der Waals surface area (Å²) in [6, 6.07) is 3.55. The van der Waals surface area contributed by atoms with Gasteiger partial charge in [-0.05, 0) is 44.4 Å². The first-order valence-corrected chi connectivity index (χ1v) is 7.10. The first-order chi connectivity index (χ1) is 9.64. The van der Waals surface area contributed by atoms with Gasteiger partial charge in [-0.1, -0.05) is 6.92 Å². The molecule has 2 rings (SSSR count). The van der Waals surface area contributed by atoms with Gasteiger partial charge in [0.1, 0.15) is 5.76 Å². The van der Waals surface area contributed by atoms with Crippen molar-refractivity contribution in [2.75, 3.05) is 20.8 Å². The molecule has 1 aromatic rings. The second-order valence-corrected chi connectivity index (χ2v) is 5.25. The molecule has 5 heteroatoms. The normalized spacial score (nSPS) is 18.4. The van der Waals surface area contributed by atoms with Gasteiger partial charge in [-0.2, -0.15) is 0 Å². The number of rotatable bonds is 7. The average Bonchev–Trinajstić information content (AvgIpc) is 2.90. The third-order valence-electron chi connectivity index (χ3n) is 4.08. The maximum atomic E-state index is 11.5. The van der Waals surface area contributed by atoms with Crippen molar-refractivity contribution in [1.82, 2.24) is 5.32 Å². The summed E-state index contributed by atoms with van der Waals surface area (Å²) in [5.74, 6) is 0.553. The molecule has 1 aromatic heterocycles. The van der Waals surface area contributed by atoms with Gasteiger partial charge in [0, 0.05) is 7.11 Å². The van der Waals surface area contributed by atoms with Crippen LogP contribution >= 0.6 is 0 Å². The minimum absolute atomic E-state index is 0.0505. The Balaban J connectivity index is 2.11. The summed E-state index contributed by atoms with van der Waals surface area (Å²) < 4.78 is 16.0. The highest BCUT2D eigenvalue weighted by molar-refractivity contribution is 5.86. The van der Waals surface area contributed by atoms with Gasteiger partial charge >= 0.3 is 5.97 Å². The number of furan rings is 1. The van der Waals surface area contributed by atoms with E-state index in [4.69, 9.17) is 9.15 Å². The number of methoxy groups -OCH3 is 2. The molecule has 0 aliphatic heterocycles. The highest BCUT2D eigenvalue weighted by Gasteiger charge is 2.40. The van der Waals surface area contributed by atoms with Gasteiger partial charge in [0.25, 0.3) is 0 Å². The summed E-state index contributed by atoms with van der Waals surface area (Å²) >= 11 is 0. The molecule has 0 saturated heterocycles. The van der Waals surface area contributed by atoms with Crippen molar-refractivity contribution in [3.05, 3.63) is 23.7 Å². The second kappa shape index (κ2) is 6.41. The van der Waals surface area contributed by atoms with Crippen molar-refractivity contribution in [2.45, 2.75) is 44.2 Å². The number of carbonyl (C=O) groups excluding carboxylic acids is 1. The molecule has 1 heterocycles. The van der Waals surface area contributed by atoms with Crippen LogP contribution in [0, 0.1) is 0 Å². The van der Waals surface area contributed by atoms with E-state index in [0.29, 0.717) is 0 Å². The Morgan fingerprint density at radius 2 is 2.20 bits per heavy atom. The van der Waals surface area contributed by atoms with Crippen LogP contribution in [0.15, 0.2) is 16.5 Å². The van der Waals surface area contributed by atoms with E-state index in [1.807, 2.05) is 6.07 Å². The molecule has 0 spiro atoms. The number of hydrogen-bond acceptors (Lipinski definition) is 5. The van der Waals surface area contributed by atoms with Crippen molar-refractivity contribution in [1.29, 1.82) is 0 Å². The zero-order chi connectivity index (χ0) is 14.6. The van der Waals surface area contributed by atoms with Crippen molar-refractivity contribution in [2.24, 2.45) is 0 Å². The zero-order valence-corrected chi connectivity index (χ0v) is 12.4. The molecule has 1 unspecified atom stereocenters. The Bertz CT molecular complexity index is 445. The third-order valence-corrected chi connectivity index (χ3v) is 4.08. The summed E-state index contributed by atoms with van der Waals surface area (Å²) in [4.78, 5) is 11.5. The zero-order valence-electron chi connectivity index (χ0n) is 12.4. The topological polar surface area (TPSA) is 60.7 Å². The minimum atomic E-state index is -0.448. The standard InChI is InChI=1S/C15H23NO4/c1-4-16-11(10-15(19-3)8-5-9-15)12-6-7-13(20-12)14(17)18-2/h6-7,11,16H,4-5,8-10H2,1-3H3. The third kappa shape index (κ3) is 3.04. The van der Waals surface area contributed by atoms with Crippen molar-refractivity contribution < 1.29 is 18.7 Å². The second-order valence-electron chi connectivity index (χ2n) is 5.25. The van der Waals surface area contributed by atoms with Crippen LogP contribution < -0.4 is 5.32 Å². The molecule has 1 N–H and O–H groups in total.